The summed E-state index contributed by atoms with van der Waals surface area (Å²) in [6.07, 6.45) is 4.03. The van der Waals surface area contributed by atoms with Gasteiger partial charge in [-0.3, -0.25) is 9.59 Å². The number of para-hydroxylation sites is 1. The van der Waals surface area contributed by atoms with Gasteiger partial charge >= 0.3 is 0 Å². The van der Waals surface area contributed by atoms with Gasteiger partial charge in [0.15, 0.2) is 0 Å². The highest BCUT2D eigenvalue weighted by Gasteiger charge is 2.21. The van der Waals surface area contributed by atoms with Crippen LogP contribution < -0.4 is 15.6 Å². The Kier molecular flexibility index (Phi) is 5.79. The van der Waals surface area contributed by atoms with E-state index in [4.69, 9.17) is 4.74 Å². The number of carbonyl (C=O) groups excluding carboxylic acids is 1. The van der Waals surface area contributed by atoms with Gasteiger partial charge in [-0.15, -0.1) is 0 Å². The predicted molar refractivity (Wildman–Crippen MR) is 117 cm³/mol. The highest BCUT2D eigenvalue weighted by atomic mass is 16.5. The Morgan fingerprint density at radius 1 is 1.19 bits per heavy atom. The van der Waals surface area contributed by atoms with E-state index < -0.39 is 6.04 Å². The van der Waals surface area contributed by atoms with Crippen molar-refractivity contribution in [3.8, 4) is 5.75 Å². The van der Waals surface area contributed by atoms with E-state index in [-0.39, 0.29) is 17.9 Å². The molecular weight excluding hydrogens is 394 g/mol. The van der Waals surface area contributed by atoms with Gasteiger partial charge in [0.25, 0.3) is 5.56 Å². The zero-order chi connectivity index (χ0) is 21.8. The Hall–Kier alpha value is -3.94. The quantitative estimate of drug-likeness (QED) is 0.481. The molecule has 158 valence electrons. The van der Waals surface area contributed by atoms with E-state index in [2.05, 4.69) is 20.3 Å². The third-order valence-electron chi connectivity index (χ3n) is 5.12. The van der Waals surface area contributed by atoms with Crippen molar-refractivity contribution in [3.63, 3.8) is 0 Å². The normalized spacial score (nSPS) is 11.9. The zero-order valence-corrected chi connectivity index (χ0v) is 17.3. The molecule has 2 heterocycles. The van der Waals surface area contributed by atoms with E-state index >= 15 is 0 Å². The lowest BCUT2D eigenvalue weighted by Crippen LogP contribution is -2.31. The second-order valence-corrected chi connectivity index (χ2v) is 7.20. The van der Waals surface area contributed by atoms with Crippen LogP contribution in [0.1, 0.15) is 29.7 Å². The first-order valence-electron chi connectivity index (χ1n) is 9.93. The van der Waals surface area contributed by atoms with Crippen molar-refractivity contribution in [3.05, 3.63) is 88.5 Å². The molecule has 4 rings (SSSR count). The number of benzene rings is 2. The number of hydrogen-bond donors (Lipinski definition) is 2. The first kappa shape index (κ1) is 20.3. The van der Waals surface area contributed by atoms with Crippen molar-refractivity contribution in [2.24, 2.45) is 7.05 Å². The van der Waals surface area contributed by atoms with Gasteiger partial charge in [-0.2, -0.15) is 0 Å². The van der Waals surface area contributed by atoms with Crippen LogP contribution in [-0.4, -0.2) is 32.5 Å². The number of fused-ring (bicyclic) bond motifs is 1. The monoisotopic (exact) mass is 417 g/mol. The zero-order valence-electron chi connectivity index (χ0n) is 17.3. The maximum absolute atomic E-state index is 12.8. The number of ether oxygens (including phenoxy) is 1. The Morgan fingerprint density at radius 3 is 2.68 bits per heavy atom. The van der Waals surface area contributed by atoms with E-state index in [0.29, 0.717) is 23.1 Å². The average molecular weight is 417 g/mol. The molecule has 1 amide bonds. The highest BCUT2D eigenvalue weighted by Crippen LogP contribution is 2.23. The smallest absolute Gasteiger partial charge is 0.258 e. The van der Waals surface area contributed by atoms with Crippen molar-refractivity contribution < 1.29 is 9.53 Å². The maximum Gasteiger partial charge on any atom is 0.258 e. The van der Waals surface area contributed by atoms with Crippen LogP contribution in [0, 0.1) is 0 Å². The standard InChI is InChI=1S/C23H23N5O3/c1-28-14-13-24-22(28)21(15-7-9-16(31-2)10-8-15)27-20(29)12-11-19-25-18-6-4-3-5-17(18)23(30)26-19/h3-10,13-14,21H,11-12H2,1-2H3,(H,27,29)(H,25,26,30)/t21-/m1/s1. The highest BCUT2D eigenvalue weighted by molar-refractivity contribution is 5.78. The molecule has 0 unspecified atom stereocenters. The second kappa shape index (κ2) is 8.83. The number of carbonyl (C=O) groups is 1. The van der Waals surface area contributed by atoms with E-state index in [9.17, 15) is 9.59 Å². The summed E-state index contributed by atoms with van der Waals surface area (Å²) in [5, 5.41) is 3.59. The largest absolute Gasteiger partial charge is 0.497 e. The number of rotatable bonds is 7. The molecule has 2 aromatic carbocycles. The van der Waals surface area contributed by atoms with E-state index in [1.807, 2.05) is 48.1 Å². The van der Waals surface area contributed by atoms with E-state index in [1.165, 1.54) is 0 Å². The minimum Gasteiger partial charge on any atom is -0.497 e. The fraction of sp³-hybridized carbons (Fsp3) is 0.217. The number of aryl methyl sites for hydroxylation is 2. The van der Waals surface area contributed by atoms with E-state index in [1.54, 1.807) is 31.5 Å². The van der Waals surface area contributed by atoms with Crippen LogP contribution in [-0.2, 0) is 18.3 Å². The van der Waals surface area contributed by atoms with Crippen LogP contribution >= 0.6 is 0 Å². The third kappa shape index (κ3) is 4.48. The van der Waals surface area contributed by atoms with Crippen molar-refractivity contribution >= 4 is 16.8 Å². The van der Waals surface area contributed by atoms with Crippen molar-refractivity contribution in [2.45, 2.75) is 18.9 Å². The van der Waals surface area contributed by atoms with Crippen LogP contribution in [0.5, 0.6) is 5.75 Å². The molecule has 8 nitrogen and oxygen atoms in total. The molecule has 0 bridgehead atoms. The SMILES string of the molecule is COc1ccc([C@@H](NC(=O)CCc2nc3ccccc3c(=O)[nH]2)c2nccn2C)cc1. The van der Waals surface area contributed by atoms with Gasteiger partial charge in [0.2, 0.25) is 5.91 Å². The summed E-state index contributed by atoms with van der Waals surface area (Å²) in [6, 6.07) is 14.2. The summed E-state index contributed by atoms with van der Waals surface area (Å²) < 4.78 is 7.10. The molecule has 0 aliphatic heterocycles. The number of methoxy groups -OCH3 is 1. The van der Waals surface area contributed by atoms with Crippen LogP contribution in [0.25, 0.3) is 10.9 Å². The minimum absolute atomic E-state index is 0.167. The molecule has 0 fully saturated rings. The Morgan fingerprint density at radius 2 is 1.97 bits per heavy atom. The van der Waals surface area contributed by atoms with Crippen molar-refractivity contribution in [2.75, 3.05) is 7.11 Å². The second-order valence-electron chi connectivity index (χ2n) is 7.20. The molecule has 1 atom stereocenters. The first-order chi connectivity index (χ1) is 15.0. The minimum atomic E-state index is -0.415. The summed E-state index contributed by atoms with van der Waals surface area (Å²) in [5.74, 6) is 1.77. The average Bonchev–Trinajstić information content (AvgIpc) is 3.22. The van der Waals surface area contributed by atoms with Gasteiger partial charge in [0.1, 0.15) is 23.4 Å². The molecule has 0 aliphatic rings. The van der Waals surface area contributed by atoms with E-state index in [0.717, 1.165) is 17.1 Å². The molecule has 0 spiro atoms. The fourth-order valence-corrected chi connectivity index (χ4v) is 3.47. The maximum atomic E-state index is 12.8. The summed E-state index contributed by atoms with van der Waals surface area (Å²) >= 11 is 0. The number of imidazole rings is 1. The third-order valence-corrected chi connectivity index (χ3v) is 5.12. The summed E-state index contributed by atoms with van der Waals surface area (Å²) in [4.78, 5) is 36.7. The molecule has 0 saturated carbocycles. The lowest BCUT2D eigenvalue weighted by molar-refractivity contribution is -0.121. The molecule has 0 saturated heterocycles. The first-order valence-corrected chi connectivity index (χ1v) is 9.93. The Balaban J connectivity index is 1.51. The van der Waals surface area contributed by atoms with Gasteiger partial charge < -0.3 is 19.6 Å². The molecule has 4 aromatic rings. The number of H-pyrrole nitrogens is 1. The van der Waals surface area contributed by atoms with Gasteiger partial charge in [-0.05, 0) is 29.8 Å². The molecular formula is C23H23N5O3. The number of nitrogens with zero attached hydrogens (tertiary/aromatic N) is 3. The van der Waals surface area contributed by atoms with Gasteiger partial charge in [-0.25, -0.2) is 9.97 Å². The molecule has 0 radical (unpaired) electrons. The van der Waals surface area contributed by atoms with Gasteiger partial charge in [0, 0.05) is 32.3 Å². The van der Waals surface area contributed by atoms with Crippen LogP contribution in [0.3, 0.4) is 0 Å². The number of nitrogens with one attached hydrogen (secondary N) is 2. The van der Waals surface area contributed by atoms with Gasteiger partial charge in [0.05, 0.1) is 18.0 Å². The number of aromatic amines is 1. The van der Waals surface area contributed by atoms with Crippen molar-refractivity contribution in [1.82, 2.24) is 24.8 Å². The number of amides is 1. The predicted octanol–water partition coefficient (Wildman–Crippen LogP) is 2.50. The van der Waals surface area contributed by atoms with Crippen LogP contribution in [0.2, 0.25) is 0 Å². The number of hydrogen-bond acceptors (Lipinski definition) is 5. The molecule has 31 heavy (non-hydrogen) atoms. The summed E-state index contributed by atoms with van der Waals surface area (Å²) in [6.45, 7) is 0. The molecule has 0 aliphatic carbocycles. The summed E-state index contributed by atoms with van der Waals surface area (Å²) in [5.41, 5.74) is 1.30. The molecule has 2 N–H and O–H groups in total. The summed E-state index contributed by atoms with van der Waals surface area (Å²) in [7, 11) is 3.49. The van der Waals surface area contributed by atoms with Crippen LogP contribution in [0.4, 0.5) is 0 Å². The fourth-order valence-electron chi connectivity index (χ4n) is 3.47. The Bertz CT molecular complexity index is 1260. The molecule has 8 heteroatoms. The topological polar surface area (TPSA) is 102 Å². The Labute approximate surface area is 178 Å². The van der Waals surface area contributed by atoms with Crippen LogP contribution in [0.15, 0.2) is 65.7 Å². The van der Waals surface area contributed by atoms with Crippen molar-refractivity contribution in [1.29, 1.82) is 0 Å². The lowest BCUT2D eigenvalue weighted by atomic mass is 10.1. The van der Waals surface area contributed by atoms with Gasteiger partial charge in [-0.1, -0.05) is 24.3 Å². The molecule has 2 aromatic heterocycles. The number of aromatic nitrogens is 4. The lowest BCUT2D eigenvalue weighted by Gasteiger charge is -2.19.